The van der Waals surface area contributed by atoms with E-state index in [0.717, 1.165) is 24.0 Å². The third-order valence-corrected chi connectivity index (χ3v) is 6.49. The highest BCUT2D eigenvalue weighted by atomic mass is 32.1. The van der Waals surface area contributed by atoms with E-state index in [1.165, 1.54) is 18.4 Å². The molecule has 0 atom stereocenters. The number of hydrogen-bond donors (Lipinski definition) is 2. The first-order valence-electron chi connectivity index (χ1n) is 11.6. The first-order chi connectivity index (χ1) is 16.4. The molecule has 8 heteroatoms. The summed E-state index contributed by atoms with van der Waals surface area (Å²) in [6, 6.07) is 12.3. The van der Waals surface area contributed by atoms with Gasteiger partial charge < -0.3 is 29.7 Å². The lowest BCUT2D eigenvalue weighted by atomic mass is 10.1. The van der Waals surface area contributed by atoms with Crippen molar-refractivity contribution < 1.29 is 19.0 Å². The first kappa shape index (κ1) is 25.6. The summed E-state index contributed by atoms with van der Waals surface area (Å²) < 4.78 is 16.5. The number of carbonyl (C=O) groups excluding carboxylic acids is 1. The zero-order chi connectivity index (χ0) is 24.5. The highest BCUT2D eigenvalue weighted by molar-refractivity contribution is 7.80. The lowest BCUT2D eigenvalue weighted by Crippen LogP contribution is -2.47. The van der Waals surface area contributed by atoms with E-state index < -0.39 is 0 Å². The second kappa shape index (κ2) is 12.5. The van der Waals surface area contributed by atoms with E-state index in [0.29, 0.717) is 41.5 Å². The molecular formula is C26H35N3O4S. The molecule has 1 saturated carbocycles. The summed E-state index contributed by atoms with van der Waals surface area (Å²) in [5, 5.41) is 6.69. The average molecular weight is 486 g/mol. The van der Waals surface area contributed by atoms with Crippen LogP contribution in [0.2, 0.25) is 0 Å². The molecule has 0 bridgehead atoms. The number of methoxy groups -OCH3 is 3. The van der Waals surface area contributed by atoms with Gasteiger partial charge in [0, 0.05) is 19.1 Å². The van der Waals surface area contributed by atoms with Crippen LogP contribution in [0.1, 0.15) is 42.4 Å². The molecule has 0 aliphatic heterocycles. The second-order valence-corrected chi connectivity index (χ2v) is 8.91. The Morgan fingerprint density at radius 1 is 0.971 bits per heavy atom. The van der Waals surface area contributed by atoms with Crippen molar-refractivity contribution in [2.75, 3.05) is 27.9 Å². The van der Waals surface area contributed by atoms with Gasteiger partial charge >= 0.3 is 0 Å². The minimum atomic E-state index is -0.0953. The smallest absolute Gasteiger partial charge is 0.239 e. The molecule has 2 aromatic carbocycles. The fourth-order valence-electron chi connectivity index (χ4n) is 4.23. The Hall–Kier alpha value is -3.00. The van der Waals surface area contributed by atoms with Gasteiger partial charge in [-0.25, -0.2) is 0 Å². The van der Waals surface area contributed by atoms with Crippen molar-refractivity contribution in [1.29, 1.82) is 0 Å². The van der Waals surface area contributed by atoms with E-state index in [1.54, 1.807) is 21.3 Å². The number of amides is 1. The second-order valence-electron chi connectivity index (χ2n) is 8.52. The molecule has 7 nitrogen and oxygen atoms in total. The van der Waals surface area contributed by atoms with Crippen LogP contribution in [0.5, 0.6) is 17.2 Å². The predicted molar refractivity (Wildman–Crippen MR) is 138 cm³/mol. The van der Waals surface area contributed by atoms with Gasteiger partial charge in [-0.15, -0.1) is 0 Å². The molecule has 1 aliphatic rings. The van der Waals surface area contributed by atoms with E-state index in [9.17, 15) is 4.79 Å². The number of nitrogens with one attached hydrogen (secondary N) is 2. The number of hydrogen-bond acceptors (Lipinski definition) is 5. The van der Waals surface area contributed by atoms with E-state index in [1.807, 2.05) is 43.3 Å². The molecule has 0 saturated heterocycles. The zero-order valence-corrected chi connectivity index (χ0v) is 21.3. The normalized spacial score (nSPS) is 13.3. The number of carbonyl (C=O) groups is 1. The Morgan fingerprint density at radius 2 is 1.59 bits per heavy atom. The fraction of sp³-hybridized carbons (Fsp3) is 0.462. The number of benzene rings is 2. The standard InChI is InChI=1S/C26H35N3O4S/c1-18-9-11-19(12-10-18)15-27-24(30)16-28-26(34)29(21-7-5-6-8-21)17-20-13-22(31-2)25(33-4)23(14-20)32-3/h9-14,21H,5-8,15-17H2,1-4H3,(H,27,30)(H,28,34). The molecule has 1 amide bonds. The van der Waals surface area contributed by atoms with Crippen molar-refractivity contribution in [2.24, 2.45) is 0 Å². The van der Waals surface area contributed by atoms with Gasteiger partial charge in [-0.05, 0) is 55.2 Å². The summed E-state index contributed by atoms with van der Waals surface area (Å²) >= 11 is 5.74. The van der Waals surface area contributed by atoms with Crippen LogP contribution in [0.25, 0.3) is 0 Å². The van der Waals surface area contributed by atoms with Gasteiger partial charge in [0.1, 0.15) is 0 Å². The summed E-state index contributed by atoms with van der Waals surface area (Å²) in [4.78, 5) is 14.6. The Labute approximate surface area is 207 Å². The molecule has 184 valence electrons. The van der Waals surface area contributed by atoms with E-state index in [2.05, 4.69) is 15.5 Å². The molecule has 2 N–H and O–H groups in total. The van der Waals surface area contributed by atoms with Gasteiger partial charge in [0.2, 0.25) is 11.7 Å². The minimum absolute atomic E-state index is 0.0953. The van der Waals surface area contributed by atoms with Crippen molar-refractivity contribution in [3.05, 3.63) is 53.1 Å². The highest BCUT2D eigenvalue weighted by Gasteiger charge is 2.26. The SMILES string of the molecule is COc1cc(CN(C(=S)NCC(=O)NCc2ccc(C)cc2)C2CCCC2)cc(OC)c1OC. The number of thiocarbonyl (C=S) groups is 1. The number of nitrogens with zero attached hydrogens (tertiary/aromatic N) is 1. The summed E-state index contributed by atoms with van der Waals surface area (Å²) in [7, 11) is 4.81. The molecule has 34 heavy (non-hydrogen) atoms. The molecule has 1 fully saturated rings. The maximum Gasteiger partial charge on any atom is 0.239 e. The van der Waals surface area contributed by atoms with Gasteiger partial charge in [-0.1, -0.05) is 42.7 Å². The summed E-state index contributed by atoms with van der Waals surface area (Å²) in [5.41, 5.74) is 3.26. The van der Waals surface area contributed by atoms with Crippen molar-refractivity contribution in [1.82, 2.24) is 15.5 Å². The molecule has 0 heterocycles. The van der Waals surface area contributed by atoms with Crippen LogP contribution in [-0.2, 0) is 17.9 Å². The van der Waals surface area contributed by atoms with Crippen LogP contribution in [0.15, 0.2) is 36.4 Å². The van der Waals surface area contributed by atoms with Gasteiger partial charge in [-0.3, -0.25) is 4.79 Å². The van der Waals surface area contributed by atoms with Crippen molar-refractivity contribution in [2.45, 2.75) is 51.7 Å². The number of aryl methyl sites for hydroxylation is 1. The third kappa shape index (κ3) is 6.76. The summed E-state index contributed by atoms with van der Waals surface area (Å²) in [6.07, 6.45) is 4.50. The highest BCUT2D eigenvalue weighted by Crippen LogP contribution is 2.39. The van der Waals surface area contributed by atoms with Crippen molar-refractivity contribution in [3.8, 4) is 17.2 Å². The van der Waals surface area contributed by atoms with E-state index in [-0.39, 0.29) is 12.5 Å². The summed E-state index contributed by atoms with van der Waals surface area (Å²) in [5.74, 6) is 1.68. The van der Waals surface area contributed by atoms with Crippen molar-refractivity contribution in [3.63, 3.8) is 0 Å². The molecule has 0 unspecified atom stereocenters. The minimum Gasteiger partial charge on any atom is -0.493 e. The maximum atomic E-state index is 12.4. The van der Waals surface area contributed by atoms with Gasteiger partial charge in [-0.2, -0.15) is 0 Å². The Bertz CT molecular complexity index is 950. The Morgan fingerprint density at radius 3 is 2.15 bits per heavy atom. The largest absolute Gasteiger partial charge is 0.493 e. The molecule has 3 rings (SSSR count). The van der Waals surface area contributed by atoms with Gasteiger partial charge in [0.15, 0.2) is 16.6 Å². The lowest BCUT2D eigenvalue weighted by Gasteiger charge is -2.32. The van der Waals surface area contributed by atoms with Crippen LogP contribution < -0.4 is 24.8 Å². The average Bonchev–Trinajstić information content (AvgIpc) is 3.39. The maximum absolute atomic E-state index is 12.4. The molecule has 0 radical (unpaired) electrons. The Balaban J connectivity index is 1.64. The van der Waals surface area contributed by atoms with Gasteiger partial charge in [0.05, 0.1) is 27.9 Å². The van der Waals surface area contributed by atoms with Crippen LogP contribution in [0, 0.1) is 6.92 Å². The summed E-state index contributed by atoms with van der Waals surface area (Å²) in [6.45, 7) is 3.24. The monoisotopic (exact) mass is 485 g/mol. The van der Waals surface area contributed by atoms with Crippen LogP contribution in [0.4, 0.5) is 0 Å². The molecule has 0 aromatic heterocycles. The quantitative estimate of drug-likeness (QED) is 0.494. The topological polar surface area (TPSA) is 72.1 Å². The first-order valence-corrected chi connectivity index (χ1v) is 12.0. The fourth-order valence-corrected chi connectivity index (χ4v) is 4.52. The molecular weight excluding hydrogens is 450 g/mol. The van der Waals surface area contributed by atoms with E-state index in [4.69, 9.17) is 26.4 Å². The van der Waals surface area contributed by atoms with Crippen molar-refractivity contribution >= 4 is 23.2 Å². The molecule has 0 spiro atoms. The van der Waals surface area contributed by atoms with Crippen LogP contribution in [0.3, 0.4) is 0 Å². The Kier molecular flexibility index (Phi) is 9.39. The number of rotatable bonds is 10. The van der Waals surface area contributed by atoms with E-state index >= 15 is 0 Å². The van der Waals surface area contributed by atoms with Crippen LogP contribution >= 0.6 is 12.2 Å². The van der Waals surface area contributed by atoms with Gasteiger partial charge in [0.25, 0.3) is 0 Å². The number of ether oxygens (including phenoxy) is 3. The molecule has 2 aromatic rings. The zero-order valence-electron chi connectivity index (χ0n) is 20.5. The molecule has 1 aliphatic carbocycles. The van der Waals surface area contributed by atoms with Crippen LogP contribution in [-0.4, -0.2) is 49.8 Å². The third-order valence-electron chi connectivity index (χ3n) is 6.11. The lowest BCUT2D eigenvalue weighted by molar-refractivity contribution is -0.120. The predicted octanol–water partition coefficient (Wildman–Crippen LogP) is 3.96.